The van der Waals surface area contributed by atoms with Gasteiger partial charge in [0, 0.05) is 39.4 Å². The van der Waals surface area contributed by atoms with Crippen LogP contribution in [0.2, 0.25) is 0 Å². The number of nitrogens with zero attached hydrogens (tertiary/aromatic N) is 4. The molecule has 1 aliphatic heterocycles. The monoisotopic (exact) mass is 427 g/mol. The minimum absolute atomic E-state index is 0.0506. The van der Waals surface area contributed by atoms with Crippen molar-refractivity contribution < 1.29 is 18.0 Å². The Morgan fingerprint density at radius 2 is 1.83 bits per heavy atom. The molecule has 0 aliphatic carbocycles. The van der Waals surface area contributed by atoms with Gasteiger partial charge in [0.1, 0.15) is 5.82 Å². The van der Waals surface area contributed by atoms with Gasteiger partial charge in [0.25, 0.3) is 5.91 Å². The van der Waals surface area contributed by atoms with E-state index in [1.165, 1.54) is 24.4 Å². The van der Waals surface area contributed by atoms with Crippen molar-refractivity contribution in [3.63, 3.8) is 0 Å². The quantitative estimate of drug-likeness (QED) is 0.779. The molecular weight excluding hydrogens is 406 g/mol. The van der Waals surface area contributed by atoms with Gasteiger partial charge in [-0.15, -0.1) is 0 Å². The SMILES string of the molecule is CC(=O)N1CCN(c2ccc(NC(=O)c3cc(C#N)ccc3S(C)(=O)=O)cn2)CC1. The molecule has 0 unspecified atom stereocenters. The molecule has 0 saturated carbocycles. The first-order valence-electron chi connectivity index (χ1n) is 9.21. The molecule has 0 spiro atoms. The Balaban J connectivity index is 1.74. The number of pyridine rings is 1. The topological polar surface area (TPSA) is 123 Å². The van der Waals surface area contributed by atoms with E-state index in [1.54, 1.807) is 24.0 Å². The van der Waals surface area contributed by atoms with Gasteiger partial charge in [0.05, 0.1) is 34.0 Å². The molecule has 30 heavy (non-hydrogen) atoms. The lowest BCUT2D eigenvalue weighted by Gasteiger charge is -2.34. The molecule has 1 aromatic carbocycles. The first-order valence-corrected chi connectivity index (χ1v) is 11.1. The molecule has 1 saturated heterocycles. The van der Waals surface area contributed by atoms with Gasteiger partial charge >= 0.3 is 0 Å². The highest BCUT2D eigenvalue weighted by atomic mass is 32.2. The highest BCUT2D eigenvalue weighted by Crippen LogP contribution is 2.21. The fourth-order valence-corrected chi connectivity index (χ4v) is 4.06. The predicted molar refractivity (Wildman–Crippen MR) is 111 cm³/mol. The normalized spacial score (nSPS) is 14.2. The summed E-state index contributed by atoms with van der Waals surface area (Å²) in [6.07, 6.45) is 2.49. The highest BCUT2D eigenvalue weighted by Gasteiger charge is 2.21. The zero-order chi connectivity index (χ0) is 21.9. The van der Waals surface area contributed by atoms with Crippen LogP contribution in [0.15, 0.2) is 41.4 Å². The summed E-state index contributed by atoms with van der Waals surface area (Å²) in [7, 11) is -3.65. The van der Waals surface area contributed by atoms with Gasteiger partial charge < -0.3 is 15.1 Å². The van der Waals surface area contributed by atoms with E-state index in [4.69, 9.17) is 5.26 Å². The molecule has 2 amide bonds. The summed E-state index contributed by atoms with van der Waals surface area (Å²) < 4.78 is 24.0. The van der Waals surface area contributed by atoms with E-state index >= 15 is 0 Å². The van der Waals surface area contributed by atoms with Crippen molar-refractivity contribution in [2.45, 2.75) is 11.8 Å². The van der Waals surface area contributed by atoms with E-state index in [0.29, 0.717) is 31.9 Å². The Morgan fingerprint density at radius 1 is 1.13 bits per heavy atom. The van der Waals surface area contributed by atoms with Gasteiger partial charge in [-0.05, 0) is 30.3 Å². The molecule has 0 atom stereocenters. The van der Waals surface area contributed by atoms with Crippen molar-refractivity contribution in [1.29, 1.82) is 5.26 Å². The number of carbonyl (C=O) groups is 2. The number of hydrogen-bond donors (Lipinski definition) is 1. The van der Waals surface area contributed by atoms with Crippen molar-refractivity contribution in [3.8, 4) is 6.07 Å². The summed E-state index contributed by atoms with van der Waals surface area (Å²) in [5.74, 6) is 0.131. The van der Waals surface area contributed by atoms with E-state index in [1.807, 2.05) is 11.0 Å². The Morgan fingerprint density at radius 3 is 2.37 bits per heavy atom. The zero-order valence-electron chi connectivity index (χ0n) is 16.6. The van der Waals surface area contributed by atoms with Crippen LogP contribution in [-0.4, -0.2) is 62.6 Å². The van der Waals surface area contributed by atoms with Gasteiger partial charge in [0.15, 0.2) is 9.84 Å². The number of nitriles is 1. The maximum atomic E-state index is 12.7. The lowest BCUT2D eigenvalue weighted by Crippen LogP contribution is -2.48. The molecular formula is C20H21N5O4S. The number of rotatable bonds is 4. The number of benzene rings is 1. The number of piperazine rings is 1. The third-order valence-electron chi connectivity index (χ3n) is 4.81. The van der Waals surface area contributed by atoms with E-state index in [0.717, 1.165) is 12.1 Å². The third-order valence-corrected chi connectivity index (χ3v) is 5.96. The molecule has 9 nitrogen and oxygen atoms in total. The van der Waals surface area contributed by atoms with Crippen LogP contribution in [0.4, 0.5) is 11.5 Å². The Hall–Kier alpha value is -3.45. The second-order valence-electron chi connectivity index (χ2n) is 6.95. The van der Waals surface area contributed by atoms with Crippen LogP contribution in [0.25, 0.3) is 0 Å². The largest absolute Gasteiger partial charge is 0.353 e. The summed E-state index contributed by atoms with van der Waals surface area (Å²) in [4.78, 5) is 32.1. The van der Waals surface area contributed by atoms with Crippen molar-refractivity contribution >= 4 is 33.2 Å². The molecule has 2 aromatic rings. The van der Waals surface area contributed by atoms with Crippen molar-refractivity contribution in [3.05, 3.63) is 47.7 Å². The Labute approximate surface area is 174 Å². The van der Waals surface area contributed by atoms with Crippen LogP contribution in [0.5, 0.6) is 0 Å². The number of sulfone groups is 1. The van der Waals surface area contributed by atoms with E-state index in [9.17, 15) is 18.0 Å². The van der Waals surface area contributed by atoms with Crippen molar-refractivity contribution in [1.82, 2.24) is 9.88 Å². The molecule has 10 heteroatoms. The Kier molecular flexibility index (Phi) is 6.03. The first-order chi connectivity index (χ1) is 14.2. The molecule has 156 valence electrons. The van der Waals surface area contributed by atoms with Crippen LogP contribution >= 0.6 is 0 Å². The Bertz CT molecular complexity index is 1110. The molecule has 1 aliphatic rings. The average molecular weight is 427 g/mol. The minimum Gasteiger partial charge on any atom is -0.353 e. The van der Waals surface area contributed by atoms with Crippen LogP contribution < -0.4 is 10.2 Å². The van der Waals surface area contributed by atoms with E-state index in [-0.39, 0.29) is 21.9 Å². The minimum atomic E-state index is -3.65. The number of aromatic nitrogens is 1. The van der Waals surface area contributed by atoms with E-state index < -0.39 is 15.7 Å². The fraction of sp³-hybridized carbons (Fsp3) is 0.300. The number of amides is 2. The van der Waals surface area contributed by atoms with Gasteiger partial charge in [-0.25, -0.2) is 13.4 Å². The second kappa shape index (κ2) is 8.51. The van der Waals surface area contributed by atoms with Crippen LogP contribution in [-0.2, 0) is 14.6 Å². The lowest BCUT2D eigenvalue weighted by atomic mass is 10.1. The average Bonchev–Trinajstić information content (AvgIpc) is 2.73. The van der Waals surface area contributed by atoms with Gasteiger partial charge in [-0.2, -0.15) is 5.26 Å². The zero-order valence-corrected chi connectivity index (χ0v) is 17.4. The smallest absolute Gasteiger partial charge is 0.257 e. The summed E-state index contributed by atoms with van der Waals surface area (Å²) in [5.41, 5.74) is 0.486. The molecule has 1 N–H and O–H groups in total. The van der Waals surface area contributed by atoms with Crippen molar-refractivity contribution in [2.75, 3.05) is 42.7 Å². The molecule has 3 rings (SSSR count). The molecule has 0 bridgehead atoms. The maximum Gasteiger partial charge on any atom is 0.257 e. The molecule has 1 aromatic heterocycles. The molecule has 1 fully saturated rings. The maximum absolute atomic E-state index is 12.7. The van der Waals surface area contributed by atoms with Gasteiger partial charge in [-0.1, -0.05) is 0 Å². The van der Waals surface area contributed by atoms with Gasteiger partial charge in [-0.3, -0.25) is 9.59 Å². The predicted octanol–water partition coefficient (Wildman–Crippen LogP) is 1.28. The van der Waals surface area contributed by atoms with Crippen LogP contribution in [0.1, 0.15) is 22.8 Å². The number of nitrogens with one attached hydrogen (secondary N) is 1. The summed E-state index contributed by atoms with van der Waals surface area (Å²) in [6, 6.07) is 9.19. The highest BCUT2D eigenvalue weighted by molar-refractivity contribution is 7.90. The fourth-order valence-electron chi connectivity index (χ4n) is 3.20. The number of anilines is 2. The first kappa shape index (κ1) is 21.3. The van der Waals surface area contributed by atoms with E-state index in [2.05, 4.69) is 10.3 Å². The lowest BCUT2D eigenvalue weighted by molar-refractivity contribution is -0.129. The number of carbonyl (C=O) groups excluding carboxylic acids is 2. The van der Waals surface area contributed by atoms with Crippen molar-refractivity contribution in [2.24, 2.45) is 0 Å². The van der Waals surface area contributed by atoms with Gasteiger partial charge in [0.2, 0.25) is 5.91 Å². The standard InChI is InChI=1S/C20H21N5O4S/c1-14(26)24-7-9-25(10-8-24)19-6-4-16(13-22-19)23-20(27)17-11-15(12-21)3-5-18(17)30(2,28)29/h3-6,11,13H,7-10H2,1-2H3,(H,23,27). The summed E-state index contributed by atoms with van der Waals surface area (Å²) in [6.45, 7) is 4.12. The summed E-state index contributed by atoms with van der Waals surface area (Å²) in [5, 5.41) is 11.7. The molecule has 0 radical (unpaired) electrons. The van der Waals surface area contributed by atoms with Crippen LogP contribution in [0.3, 0.4) is 0 Å². The third kappa shape index (κ3) is 4.75. The second-order valence-corrected chi connectivity index (χ2v) is 8.93. The number of hydrogen-bond acceptors (Lipinski definition) is 7. The molecule has 2 heterocycles. The van der Waals surface area contributed by atoms with Crippen LogP contribution in [0, 0.1) is 11.3 Å². The summed E-state index contributed by atoms with van der Waals surface area (Å²) >= 11 is 0.